The molecule has 0 saturated carbocycles. The summed E-state index contributed by atoms with van der Waals surface area (Å²) in [6.07, 6.45) is 1.17. The maximum absolute atomic E-state index is 5.99. The Hall–Kier alpha value is -0.000000000000000111. The number of rotatable bonds is 2. The third-order valence-corrected chi connectivity index (χ3v) is 4.14. The second kappa shape index (κ2) is 5.56. The van der Waals surface area contributed by atoms with Crippen molar-refractivity contribution in [3.63, 3.8) is 0 Å². The van der Waals surface area contributed by atoms with Crippen LogP contribution in [0.4, 0.5) is 5.69 Å². The van der Waals surface area contributed by atoms with Crippen LogP contribution in [0.3, 0.4) is 0 Å². The first-order valence-corrected chi connectivity index (χ1v) is 7.10. The van der Waals surface area contributed by atoms with E-state index in [0.29, 0.717) is 6.04 Å². The molecule has 1 N–H and O–H groups in total. The van der Waals surface area contributed by atoms with Crippen LogP contribution in [0.25, 0.3) is 0 Å². The summed E-state index contributed by atoms with van der Waals surface area (Å²) in [7, 11) is 0. The summed E-state index contributed by atoms with van der Waals surface area (Å²) in [5.41, 5.74) is 1.32. The zero-order chi connectivity index (χ0) is 11.5. The Morgan fingerprint density at radius 1 is 1.56 bits per heavy atom. The smallest absolute Gasteiger partial charge is 0.0506 e. The lowest BCUT2D eigenvalue weighted by atomic mass is 10.1. The lowest BCUT2D eigenvalue weighted by Gasteiger charge is -2.38. The molecule has 0 aromatic heterocycles. The summed E-state index contributed by atoms with van der Waals surface area (Å²) in [6, 6.07) is 6.75. The lowest BCUT2D eigenvalue weighted by molar-refractivity contribution is 0.466. The highest BCUT2D eigenvalue weighted by Gasteiger charge is 2.22. The van der Waals surface area contributed by atoms with Crippen molar-refractivity contribution in [1.29, 1.82) is 0 Å². The van der Waals surface area contributed by atoms with Crippen molar-refractivity contribution in [1.82, 2.24) is 5.32 Å². The highest BCUT2D eigenvalue weighted by atomic mass is 127. The van der Waals surface area contributed by atoms with Gasteiger partial charge in [-0.2, -0.15) is 0 Å². The van der Waals surface area contributed by atoms with E-state index >= 15 is 0 Å². The predicted octanol–water partition coefficient (Wildman–Crippen LogP) is 3.13. The molecule has 1 aliphatic rings. The van der Waals surface area contributed by atoms with Gasteiger partial charge in [0.25, 0.3) is 0 Å². The van der Waals surface area contributed by atoms with Crippen LogP contribution in [-0.4, -0.2) is 25.7 Å². The number of piperazine rings is 1. The molecule has 2 nitrogen and oxygen atoms in total. The van der Waals surface area contributed by atoms with Crippen LogP contribution >= 0.6 is 34.2 Å². The Morgan fingerprint density at radius 3 is 3.06 bits per heavy atom. The number of benzene rings is 1. The maximum Gasteiger partial charge on any atom is 0.0506 e. The second-order valence-electron chi connectivity index (χ2n) is 4.06. The quantitative estimate of drug-likeness (QED) is 0.825. The van der Waals surface area contributed by atoms with E-state index in [1.807, 2.05) is 12.1 Å². The van der Waals surface area contributed by atoms with E-state index in [-0.39, 0.29) is 0 Å². The SMILES string of the molecule is CCC1CNCCN1c1ccc(Cl)cc1I. The Morgan fingerprint density at radius 2 is 2.38 bits per heavy atom. The monoisotopic (exact) mass is 350 g/mol. The average Bonchev–Trinajstić information content (AvgIpc) is 2.29. The summed E-state index contributed by atoms with van der Waals surface area (Å²) in [4.78, 5) is 2.49. The topological polar surface area (TPSA) is 15.3 Å². The molecule has 16 heavy (non-hydrogen) atoms. The molecule has 1 aromatic carbocycles. The number of nitrogens with one attached hydrogen (secondary N) is 1. The van der Waals surface area contributed by atoms with E-state index in [2.05, 4.69) is 45.8 Å². The van der Waals surface area contributed by atoms with Crippen LogP contribution in [0.15, 0.2) is 18.2 Å². The van der Waals surface area contributed by atoms with Gasteiger partial charge in [0.15, 0.2) is 0 Å². The molecule has 1 aromatic rings. The molecule has 4 heteroatoms. The largest absolute Gasteiger partial charge is 0.365 e. The van der Waals surface area contributed by atoms with Gasteiger partial charge in [0.1, 0.15) is 0 Å². The number of anilines is 1. The Labute approximate surface area is 115 Å². The number of hydrogen-bond acceptors (Lipinski definition) is 2. The molecule has 1 aliphatic heterocycles. The fraction of sp³-hybridized carbons (Fsp3) is 0.500. The number of nitrogens with zero attached hydrogens (tertiary/aromatic N) is 1. The molecular formula is C12H16ClIN2. The van der Waals surface area contributed by atoms with Gasteiger partial charge in [0.2, 0.25) is 0 Å². The van der Waals surface area contributed by atoms with Crippen molar-refractivity contribution < 1.29 is 0 Å². The fourth-order valence-corrected chi connectivity index (χ4v) is 3.34. The minimum Gasteiger partial charge on any atom is -0.365 e. The highest BCUT2D eigenvalue weighted by molar-refractivity contribution is 14.1. The molecule has 0 radical (unpaired) electrons. The highest BCUT2D eigenvalue weighted by Crippen LogP contribution is 2.28. The van der Waals surface area contributed by atoms with Crippen LogP contribution in [0.5, 0.6) is 0 Å². The zero-order valence-corrected chi connectivity index (χ0v) is 12.3. The van der Waals surface area contributed by atoms with Crippen molar-refractivity contribution in [3.8, 4) is 0 Å². The van der Waals surface area contributed by atoms with Crippen molar-refractivity contribution >= 4 is 39.9 Å². The van der Waals surface area contributed by atoms with E-state index in [1.165, 1.54) is 15.7 Å². The van der Waals surface area contributed by atoms with Gasteiger partial charge in [-0.3, -0.25) is 0 Å². The first-order valence-electron chi connectivity index (χ1n) is 5.64. The molecule has 0 spiro atoms. The normalized spacial score (nSPS) is 21.2. The standard InChI is InChI=1S/C12H16ClIN2/c1-2-10-8-15-5-6-16(10)12-4-3-9(13)7-11(12)14/h3-4,7,10,15H,2,5-6,8H2,1H3. The van der Waals surface area contributed by atoms with E-state index < -0.39 is 0 Å². The predicted molar refractivity (Wildman–Crippen MR) is 78.5 cm³/mol. The van der Waals surface area contributed by atoms with Crippen molar-refractivity contribution in [2.75, 3.05) is 24.5 Å². The van der Waals surface area contributed by atoms with E-state index in [9.17, 15) is 0 Å². The Kier molecular flexibility index (Phi) is 4.33. The van der Waals surface area contributed by atoms with Crippen LogP contribution in [0, 0.1) is 3.57 Å². The molecule has 1 fully saturated rings. The lowest BCUT2D eigenvalue weighted by Crippen LogP contribution is -2.51. The van der Waals surface area contributed by atoms with Gasteiger partial charge < -0.3 is 10.2 Å². The van der Waals surface area contributed by atoms with Crippen LogP contribution in [0.2, 0.25) is 5.02 Å². The maximum atomic E-state index is 5.99. The number of hydrogen-bond donors (Lipinski definition) is 1. The first-order chi connectivity index (χ1) is 7.72. The van der Waals surface area contributed by atoms with Gasteiger partial charge in [-0.1, -0.05) is 18.5 Å². The van der Waals surface area contributed by atoms with Crippen molar-refractivity contribution in [2.24, 2.45) is 0 Å². The van der Waals surface area contributed by atoms with Gasteiger partial charge in [-0.05, 0) is 47.2 Å². The van der Waals surface area contributed by atoms with Gasteiger partial charge in [0, 0.05) is 34.3 Å². The van der Waals surface area contributed by atoms with Gasteiger partial charge >= 0.3 is 0 Å². The third kappa shape index (κ3) is 2.63. The third-order valence-electron chi connectivity index (χ3n) is 3.04. The molecule has 1 heterocycles. The Bertz CT molecular complexity index is 370. The molecule has 2 rings (SSSR count). The van der Waals surface area contributed by atoms with E-state index in [4.69, 9.17) is 11.6 Å². The zero-order valence-electron chi connectivity index (χ0n) is 9.34. The first kappa shape index (κ1) is 12.5. The minimum atomic E-state index is 0.600. The molecule has 0 bridgehead atoms. The van der Waals surface area contributed by atoms with Crippen molar-refractivity contribution in [3.05, 3.63) is 26.8 Å². The summed E-state index contributed by atoms with van der Waals surface area (Å²) < 4.78 is 1.24. The summed E-state index contributed by atoms with van der Waals surface area (Å²) in [5.74, 6) is 0. The van der Waals surface area contributed by atoms with E-state index in [0.717, 1.165) is 24.7 Å². The molecule has 1 unspecified atom stereocenters. The van der Waals surface area contributed by atoms with Gasteiger partial charge in [0.05, 0.1) is 5.69 Å². The number of halogens is 2. The van der Waals surface area contributed by atoms with Gasteiger partial charge in [-0.15, -0.1) is 0 Å². The molecule has 1 saturated heterocycles. The minimum absolute atomic E-state index is 0.600. The second-order valence-corrected chi connectivity index (χ2v) is 5.65. The van der Waals surface area contributed by atoms with Crippen LogP contribution in [0.1, 0.15) is 13.3 Å². The summed E-state index contributed by atoms with van der Waals surface area (Å²) in [5, 5.41) is 4.26. The molecule has 1 atom stereocenters. The average molecular weight is 351 g/mol. The van der Waals surface area contributed by atoms with Crippen LogP contribution < -0.4 is 10.2 Å². The van der Waals surface area contributed by atoms with Crippen LogP contribution in [-0.2, 0) is 0 Å². The summed E-state index contributed by atoms with van der Waals surface area (Å²) >= 11 is 8.36. The van der Waals surface area contributed by atoms with Gasteiger partial charge in [-0.25, -0.2) is 0 Å². The fourth-order valence-electron chi connectivity index (χ4n) is 2.16. The molecular weight excluding hydrogens is 335 g/mol. The van der Waals surface area contributed by atoms with Crippen molar-refractivity contribution in [2.45, 2.75) is 19.4 Å². The summed E-state index contributed by atoms with van der Waals surface area (Å²) in [6.45, 7) is 5.47. The molecule has 88 valence electrons. The Balaban J connectivity index is 2.27. The van der Waals surface area contributed by atoms with E-state index in [1.54, 1.807) is 0 Å². The molecule has 0 aliphatic carbocycles. The molecule has 0 amide bonds.